The Labute approximate surface area is 181 Å². The van der Waals surface area contributed by atoms with Crippen molar-refractivity contribution in [1.29, 1.82) is 0 Å². The van der Waals surface area contributed by atoms with Crippen LogP contribution in [0.3, 0.4) is 0 Å². The Morgan fingerprint density at radius 2 is 1.77 bits per heavy atom. The fourth-order valence-corrected chi connectivity index (χ4v) is 3.35. The first-order valence-electron chi connectivity index (χ1n) is 10.7. The summed E-state index contributed by atoms with van der Waals surface area (Å²) in [6.45, 7) is 13.4. The average Bonchev–Trinajstić information content (AvgIpc) is 2.69. The lowest BCUT2D eigenvalue weighted by Crippen LogP contribution is -2.05. The number of hydrogen-bond donors (Lipinski definition) is 1. The molecule has 30 heavy (non-hydrogen) atoms. The normalized spacial score (nSPS) is 12.2. The maximum atomic E-state index is 10.9. The number of carboxylic acid groups (broad SMARTS) is 1. The van der Waals surface area contributed by atoms with Crippen LogP contribution in [0.5, 0.6) is 5.75 Å². The highest BCUT2D eigenvalue weighted by atomic mass is 16.5. The lowest BCUT2D eigenvalue weighted by atomic mass is 9.88. The molecule has 0 unspecified atom stereocenters. The van der Waals surface area contributed by atoms with Gasteiger partial charge < -0.3 is 9.84 Å². The van der Waals surface area contributed by atoms with Gasteiger partial charge in [-0.2, -0.15) is 0 Å². The molecule has 2 rings (SSSR count). The molecule has 0 radical (unpaired) electrons. The van der Waals surface area contributed by atoms with Crippen LogP contribution in [0.2, 0.25) is 0 Å². The molecule has 0 fully saturated rings. The highest BCUT2D eigenvalue weighted by Gasteiger charge is 2.19. The number of benzene rings is 2. The van der Waals surface area contributed by atoms with E-state index in [1.54, 1.807) is 6.92 Å². The minimum absolute atomic E-state index is 0.345. The number of aliphatic carboxylic acids is 1. The molecule has 0 aliphatic rings. The second kappa shape index (κ2) is 10.8. The predicted octanol–water partition coefficient (Wildman–Crippen LogP) is 7.43. The Morgan fingerprint density at radius 3 is 2.37 bits per heavy atom. The van der Waals surface area contributed by atoms with Gasteiger partial charge in [-0.1, -0.05) is 77.1 Å². The zero-order chi connectivity index (χ0) is 22.3. The van der Waals surface area contributed by atoms with Crippen molar-refractivity contribution in [2.45, 2.75) is 59.8 Å². The first-order chi connectivity index (χ1) is 14.2. The third-order valence-corrected chi connectivity index (χ3v) is 5.01. The summed E-state index contributed by atoms with van der Waals surface area (Å²) in [5.41, 5.74) is 6.43. The van der Waals surface area contributed by atoms with E-state index in [4.69, 9.17) is 9.84 Å². The van der Waals surface area contributed by atoms with E-state index in [9.17, 15) is 4.79 Å². The SMILES string of the molecule is CCCOc1c(-c2ccccc2C=CC(C)=CC(=O)O)cc(C(C)C)cc1C(C)C. The first kappa shape index (κ1) is 23.5. The molecule has 0 bridgehead atoms. The number of ether oxygens (including phenoxy) is 1. The first-order valence-corrected chi connectivity index (χ1v) is 10.7. The molecule has 0 amide bonds. The van der Waals surface area contributed by atoms with E-state index >= 15 is 0 Å². The number of carbonyl (C=O) groups is 1. The largest absolute Gasteiger partial charge is 0.493 e. The standard InChI is InChI=1S/C27H34O3/c1-7-14-30-27-24(19(4)5)16-22(18(2)3)17-25(27)23-11-9-8-10-21(23)13-12-20(6)15-26(28)29/h8-13,15-19H,7,14H2,1-6H3,(H,28,29). The van der Waals surface area contributed by atoms with Gasteiger partial charge in [0.15, 0.2) is 0 Å². The van der Waals surface area contributed by atoms with E-state index < -0.39 is 5.97 Å². The van der Waals surface area contributed by atoms with Crippen molar-refractivity contribution >= 4 is 12.0 Å². The Balaban J connectivity index is 2.70. The molecule has 3 nitrogen and oxygen atoms in total. The summed E-state index contributed by atoms with van der Waals surface area (Å²) >= 11 is 0. The molecule has 0 spiro atoms. The van der Waals surface area contributed by atoms with Crippen LogP contribution in [0.15, 0.2) is 54.1 Å². The van der Waals surface area contributed by atoms with Gasteiger partial charge >= 0.3 is 5.97 Å². The number of allylic oxidation sites excluding steroid dienone is 2. The third-order valence-electron chi connectivity index (χ3n) is 5.01. The molecule has 0 atom stereocenters. The predicted molar refractivity (Wildman–Crippen MR) is 126 cm³/mol. The van der Waals surface area contributed by atoms with Crippen LogP contribution >= 0.6 is 0 Å². The minimum Gasteiger partial charge on any atom is -0.493 e. The molecular weight excluding hydrogens is 372 g/mol. The highest BCUT2D eigenvalue weighted by Crippen LogP contribution is 2.41. The fourth-order valence-electron chi connectivity index (χ4n) is 3.35. The lowest BCUT2D eigenvalue weighted by Gasteiger charge is -2.22. The number of carboxylic acids is 1. The summed E-state index contributed by atoms with van der Waals surface area (Å²) in [6.07, 6.45) is 5.98. The monoisotopic (exact) mass is 406 g/mol. The molecule has 3 heteroatoms. The van der Waals surface area contributed by atoms with E-state index in [1.165, 1.54) is 17.2 Å². The molecule has 0 heterocycles. The summed E-state index contributed by atoms with van der Waals surface area (Å²) in [6, 6.07) is 12.7. The maximum absolute atomic E-state index is 10.9. The van der Waals surface area contributed by atoms with Crippen molar-refractivity contribution in [1.82, 2.24) is 0 Å². The molecule has 0 aliphatic carbocycles. The van der Waals surface area contributed by atoms with Gasteiger partial charge in [-0.3, -0.25) is 0 Å². The molecule has 160 valence electrons. The molecule has 0 saturated heterocycles. The van der Waals surface area contributed by atoms with E-state index in [2.05, 4.69) is 58.9 Å². The van der Waals surface area contributed by atoms with Gasteiger partial charge in [0.25, 0.3) is 0 Å². The van der Waals surface area contributed by atoms with Crippen LogP contribution in [0.25, 0.3) is 17.2 Å². The van der Waals surface area contributed by atoms with E-state index in [0.29, 0.717) is 24.0 Å². The van der Waals surface area contributed by atoms with E-state index in [1.807, 2.05) is 24.3 Å². The van der Waals surface area contributed by atoms with Crippen LogP contribution in [0.4, 0.5) is 0 Å². The summed E-state index contributed by atoms with van der Waals surface area (Å²) < 4.78 is 6.29. The van der Waals surface area contributed by atoms with Crippen molar-refractivity contribution in [3.05, 3.63) is 70.8 Å². The van der Waals surface area contributed by atoms with Crippen LogP contribution in [-0.2, 0) is 4.79 Å². The van der Waals surface area contributed by atoms with E-state index in [0.717, 1.165) is 28.9 Å². The highest BCUT2D eigenvalue weighted by molar-refractivity contribution is 5.83. The zero-order valence-corrected chi connectivity index (χ0v) is 19.0. The Hall–Kier alpha value is -2.81. The quantitative estimate of drug-likeness (QED) is 0.348. The summed E-state index contributed by atoms with van der Waals surface area (Å²) in [7, 11) is 0. The molecule has 2 aromatic rings. The number of rotatable bonds is 9. The van der Waals surface area contributed by atoms with Gasteiger partial charge in [-0.25, -0.2) is 4.79 Å². The van der Waals surface area contributed by atoms with E-state index in [-0.39, 0.29) is 0 Å². The van der Waals surface area contributed by atoms with Crippen molar-refractivity contribution in [3.63, 3.8) is 0 Å². The molecule has 0 aliphatic heterocycles. The summed E-state index contributed by atoms with van der Waals surface area (Å²) in [5.74, 6) is 0.768. The Morgan fingerprint density at radius 1 is 1.07 bits per heavy atom. The summed E-state index contributed by atoms with van der Waals surface area (Å²) in [4.78, 5) is 10.9. The average molecular weight is 407 g/mol. The fraction of sp³-hybridized carbons (Fsp3) is 0.370. The van der Waals surface area contributed by atoms with Gasteiger partial charge in [0.2, 0.25) is 0 Å². The topological polar surface area (TPSA) is 46.5 Å². The molecular formula is C27H34O3. The van der Waals surface area contributed by atoms with Gasteiger partial charge in [-0.15, -0.1) is 0 Å². The Bertz CT molecular complexity index is 933. The smallest absolute Gasteiger partial charge is 0.328 e. The second-order valence-electron chi connectivity index (χ2n) is 8.29. The Kier molecular flexibility index (Phi) is 8.46. The lowest BCUT2D eigenvalue weighted by molar-refractivity contribution is -0.131. The maximum Gasteiger partial charge on any atom is 0.328 e. The van der Waals surface area contributed by atoms with Crippen molar-refractivity contribution in [2.75, 3.05) is 6.61 Å². The van der Waals surface area contributed by atoms with Crippen molar-refractivity contribution in [3.8, 4) is 16.9 Å². The third kappa shape index (κ3) is 6.09. The molecule has 1 N–H and O–H groups in total. The van der Waals surface area contributed by atoms with Crippen LogP contribution < -0.4 is 4.74 Å². The molecule has 0 aromatic heterocycles. The van der Waals surface area contributed by atoms with Crippen LogP contribution in [-0.4, -0.2) is 17.7 Å². The van der Waals surface area contributed by atoms with Crippen LogP contribution in [0.1, 0.15) is 76.5 Å². The van der Waals surface area contributed by atoms with Gasteiger partial charge in [0, 0.05) is 11.6 Å². The van der Waals surface area contributed by atoms with Crippen molar-refractivity contribution in [2.24, 2.45) is 0 Å². The van der Waals surface area contributed by atoms with Gasteiger partial charge in [0.05, 0.1) is 6.61 Å². The summed E-state index contributed by atoms with van der Waals surface area (Å²) in [5, 5.41) is 8.97. The zero-order valence-electron chi connectivity index (χ0n) is 19.0. The van der Waals surface area contributed by atoms with Crippen LogP contribution in [0, 0.1) is 0 Å². The van der Waals surface area contributed by atoms with Gasteiger partial charge in [0.1, 0.15) is 5.75 Å². The molecule has 0 saturated carbocycles. The van der Waals surface area contributed by atoms with Gasteiger partial charge in [-0.05, 0) is 59.1 Å². The minimum atomic E-state index is -0.938. The number of hydrogen-bond acceptors (Lipinski definition) is 2. The molecule has 2 aromatic carbocycles. The van der Waals surface area contributed by atoms with Crippen molar-refractivity contribution < 1.29 is 14.6 Å². The second-order valence-corrected chi connectivity index (χ2v) is 8.29.